The molecule has 1 aromatic heterocycles. The number of hydrogen-bond donors (Lipinski definition) is 1. The van der Waals surface area contributed by atoms with E-state index in [1.54, 1.807) is 18.2 Å². The van der Waals surface area contributed by atoms with Gasteiger partial charge in [0, 0.05) is 23.9 Å². The van der Waals surface area contributed by atoms with E-state index in [2.05, 4.69) is 9.88 Å². The highest BCUT2D eigenvalue weighted by Gasteiger charge is 2.26. The number of amides is 1. The van der Waals surface area contributed by atoms with E-state index >= 15 is 0 Å². The average molecular weight is 426 g/mol. The summed E-state index contributed by atoms with van der Waals surface area (Å²) in [5.74, 6) is 0.442. The molecule has 0 fully saturated rings. The first-order valence-electron chi connectivity index (χ1n) is 10.7. The molecule has 0 saturated carbocycles. The van der Waals surface area contributed by atoms with Crippen molar-refractivity contribution in [1.29, 1.82) is 0 Å². The molecule has 0 saturated heterocycles. The Morgan fingerprint density at radius 1 is 1.03 bits per heavy atom. The number of nitro benzene ring substituents is 1. The normalized spacial score (nSPS) is 13.0. The minimum atomic E-state index is -0.367. The molecule has 1 amide bonds. The van der Waals surface area contributed by atoms with E-state index in [0.717, 1.165) is 53.7 Å². The maximum atomic E-state index is 13.1. The third kappa shape index (κ3) is 3.41. The van der Waals surface area contributed by atoms with Gasteiger partial charge in [-0.3, -0.25) is 14.9 Å². The summed E-state index contributed by atoms with van der Waals surface area (Å²) >= 11 is 0. The quantitative estimate of drug-likeness (QED) is 0.344. The van der Waals surface area contributed by atoms with Crippen LogP contribution in [0.4, 0.5) is 11.4 Å². The van der Waals surface area contributed by atoms with Gasteiger partial charge in [0.1, 0.15) is 11.5 Å². The average Bonchev–Trinajstić information content (AvgIpc) is 3.19. The number of anilines is 1. The van der Waals surface area contributed by atoms with Crippen LogP contribution in [0.1, 0.15) is 34.6 Å². The summed E-state index contributed by atoms with van der Waals surface area (Å²) in [5, 5.41) is 15.8. The van der Waals surface area contributed by atoms with Crippen molar-refractivity contribution in [1.82, 2.24) is 9.55 Å². The smallest absolute Gasteiger partial charge is 0.277 e. The Hall–Kier alpha value is -4.00. The molecule has 0 radical (unpaired) electrons. The lowest BCUT2D eigenvalue weighted by Gasteiger charge is -2.18. The lowest BCUT2D eigenvalue weighted by atomic mass is 10.0. The number of fused-ring (bicyclic) bond motifs is 2. The Kier molecular flexibility index (Phi) is 4.93. The molecule has 1 aliphatic heterocycles. The second-order valence-electron chi connectivity index (χ2n) is 8.09. The Bertz CT molecular complexity index is 1360. The molecule has 4 aromatic rings. The van der Waals surface area contributed by atoms with Crippen molar-refractivity contribution in [2.24, 2.45) is 0 Å². The molecule has 160 valence electrons. The van der Waals surface area contributed by atoms with Gasteiger partial charge in [-0.2, -0.15) is 0 Å². The monoisotopic (exact) mass is 426 g/mol. The van der Waals surface area contributed by atoms with Crippen LogP contribution in [0.2, 0.25) is 0 Å². The molecule has 7 heteroatoms. The van der Waals surface area contributed by atoms with Crippen molar-refractivity contribution in [3.63, 3.8) is 0 Å². The van der Waals surface area contributed by atoms with Gasteiger partial charge in [0.25, 0.3) is 11.6 Å². The molecule has 3 aromatic carbocycles. The van der Waals surface area contributed by atoms with Crippen molar-refractivity contribution in [2.75, 3.05) is 5.32 Å². The number of aryl methyl sites for hydroxylation is 1. The van der Waals surface area contributed by atoms with E-state index in [0.29, 0.717) is 16.9 Å². The van der Waals surface area contributed by atoms with E-state index in [1.165, 1.54) is 6.07 Å². The standard InChI is InChI=1S/C25H22N4O3/c1-16-11-13-17(14-12-16)26-25(30)23-22-9-2-3-15-28(22)24(27-23)20-8-4-7-19-18(20)6-5-10-21(19)29(31)32/h4-8,10-14H,2-3,9,15H2,1H3,(H,26,30). The fourth-order valence-electron chi connectivity index (χ4n) is 4.41. The lowest BCUT2D eigenvalue weighted by Crippen LogP contribution is -2.17. The largest absolute Gasteiger partial charge is 0.327 e. The Morgan fingerprint density at radius 3 is 2.56 bits per heavy atom. The third-order valence-electron chi connectivity index (χ3n) is 5.98. The van der Waals surface area contributed by atoms with Crippen LogP contribution in [0.15, 0.2) is 60.7 Å². The summed E-state index contributed by atoms with van der Waals surface area (Å²) < 4.78 is 2.10. The minimum Gasteiger partial charge on any atom is -0.327 e. The molecule has 0 aliphatic carbocycles. The summed E-state index contributed by atoms with van der Waals surface area (Å²) in [6, 6.07) is 18.2. The number of nitro groups is 1. The molecule has 1 aliphatic rings. The van der Waals surface area contributed by atoms with E-state index < -0.39 is 0 Å². The number of rotatable bonds is 4. The van der Waals surface area contributed by atoms with Gasteiger partial charge in [0.05, 0.1) is 16.0 Å². The van der Waals surface area contributed by atoms with E-state index in [-0.39, 0.29) is 16.5 Å². The summed E-state index contributed by atoms with van der Waals surface area (Å²) in [6.45, 7) is 2.76. The molecule has 5 rings (SSSR count). The molecule has 0 atom stereocenters. The fraction of sp³-hybridized carbons (Fsp3) is 0.200. The van der Waals surface area contributed by atoms with Gasteiger partial charge < -0.3 is 9.88 Å². The van der Waals surface area contributed by atoms with E-state index in [9.17, 15) is 14.9 Å². The van der Waals surface area contributed by atoms with Crippen LogP contribution in [0.3, 0.4) is 0 Å². The molecule has 0 bridgehead atoms. The predicted molar refractivity (Wildman–Crippen MR) is 124 cm³/mol. The second kappa shape index (κ2) is 7.92. The van der Waals surface area contributed by atoms with Gasteiger partial charge in [-0.1, -0.05) is 42.0 Å². The van der Waals surface area contributed by atoms with Gasteiger partial charge >= 0.3 is 0 Å². The molecular formula is C25H22N4O3. The highest BCUT2D eigenvalue weighted by molar-refractivity contribution is 6.05. The topological polar surface area (TPSA) is 90.1 Å². The Labute approximate surface area is 184 Å². The van der Waals surface area contributed by atoms with Gasteiger partial charge in [0.15, 0.2) is 0 Å². The number of nitrogens with zero attached hydrogens (tertiary/aromatic N) is 3. The summed E-state index contributed by atoms with van der Waals surface area (Å²) in [6.07, 6.45) is 2.77. The number of benzene rings is 3. The van der Waals surface area contributed by atoms with Gasteiger partial charge in [0.2, 0.25) is 0 Å². The number of hydrogen-bond acceptors (Lipinski definition) is 4. The molecule has 0 unspecified atom stereocenters. The van der Waals surface area contributed by atoms with Crippen LogP contribution >= 0.6 is 0 Å². The number of carbonyl (C=O) groups excluding carboxylic acids is 1. The van der Waals surface area contributed by atoms with E-state index in [1.807, 2.05) is 43.3 Å². The third-order valence-corrected chi connectivity index (χ3v) is 5.98. The first-order valence-corrected chi connectivity index (χ1v) is 10.7. The zero-order valence-corrected chi connectivity index (χ0v) is 17.7. The molecule has 1 N–H and O–H groups in total. The van der Waals surface area contributed by atoms with Gasteiger partial charge in [-0.15, -0.1) is 0 Å². The second-order valence-corrected chi connectivity index (χ2v) is 8.09. The molecule has 2 heterocycles. The summed E-state index contributed by atoms with van der Waals surface area (Å²) in [5.41, 5.74) is 4.03. The van der Waals surface area contributed by atoms with Crippen molar-refractivity contribution in [2.45, 2.75) is 32.7 Å². The van der Waals surface area contributed by atoms with Crippen LogP contribution in [-0.4, -0.2) is 20.4 Å². The lowest BCUT2D eigenvalue weighted by molar-refractivity contribution is -0.383. The predicted octanol–water partition coefficient (Wildman–Crippen LogP) is 5.51. The molecular weight excluding hydrogens is 404 g/mol. The van der Waals surface area contributed by atoms with Crippen LogP contribution < -0.4 is 5.32 Å². The van der Waals surface area contributed by atoms with Gasteiger partial charge in [-0.05, 0) is 49.8 Å². The van der Waals surface area contributed by atoms with Crippen molar-refractivity contribution in [3.8, 4) is 11.4 Å². The highest BCUT2D eigenvalue weighted by Crippen LogP contribution is 2.35. The number of nitrogens with one attached hydrogen (secondary N) is 1. The van der Waals surface area contributed by atoms with Crippen LogP contribution in [0.5, 0.6) is 0 Å². The zero-order chi connectivity index (χ0) is 22.2. The summed E-state index contributed by atoms with van der Waals surface area (Å²) in [4.78, 5) is 29.1. The maximum absolute atomic E-state index is 13.1. The zero-order valence-electron chi connectivity index (χ0n) is 17.7. The minimum absolute atomic E-state index is 0.0621. The van der Waals surface area contributed by atoms with Crippen molar-refractivity contribution >= 4 is 28.1 Å². The van der Waals surface area contributed by atoms with Gasteiger partial charge in [-0.25, -0.2) is 4.98 Å². The molecule has 32 heavy (non-hydrogen) atoms. The fourth-order valence-corrected chi connectivity index (χ4v) is 4.41. The maximum Gasteiger partial charge on any atom is 0.277 e. The van der Waals surface area contributed by atoms with E-state index in [4.69, 9.17) is 4.98 Å². The van der Waals surface area contributed by atoms with Crippen LogP contribution in [0, 0.1) is 17.0 Å². The number of non-ortho nitro benzene ring substituents is 1. The molecule has 0 spiro atoms. The number of imidazole rings is 1. The summed E-state index contributed by atoms with van der Waals surface area (Å²) in [7, 11) is 0. The Morgan fingerprint density at radius 2 is 1.78 bits per heavy atom. The Balaban J connectivity index is 1.63. The number of carbonyl (C=O) groups is 1. The van der Waals surface area contributed by atoms with Crippen molar-refractivity contribution in [3.05, 3.63) is 87.7 Å². The first-order chi connectivity index (χ1) is 15.5. The van der Waals surface area contributed by atoms with Crippen LogP contribution in [0.25, 0.3) is 22.2 Å². The molecule has 7 nitrogen and oxygen atoms in total. The first kappa shape index (κ1) is 19.9. The number of aromatic nitrogens is 2. The SMILES string of the molecule is Cc1ccc(NC(=O)c2nc(-c3cccc4c([N+](=O)[O-])cccc34)n3c2CCCC3)cc1. The van der Waals surface area contributed by atoms with Crippen LogP contribution in [-0.2, 0) is 13.0 Å². The highest BCUT2D eigenvalue weighted by atomic mass is 16.6. The van der Waals surface area contributed by atoms with Crippen molar-refractivity contribution < 1.29 is 9.72 Å².